The molecule has 0 aromatic heterocycles. The zero-order chi connectivity index (χ0) is 16.0. The third-order valence-corrected chi connectivity index (χ3v) is 3.58. The smallest absolute Gasteiger partial charge is 0.325 e. The van der Waals surface area contributed by atoms with Gasteiger partial charge in [0.2, 0.25) is 0 Å². The molecule has 2 unspecified atom stereocenters. The van der Waals surface area contributed by atoms with Gasteiger partial charge in [0.25, 0.3) is 0 Å². The number of rotatable bonds is 8. The summed E-state index contributed by atoms with van der Waals surface area (Å²) in [5, 5.41) is 3.34. The summed E-state index contributed by atoms with van der Waals surface area (Å²) < 4.78 is 4.97. The Morgan fingerprint density at radius 1 is 1.30 bits per heavy atom. The molecule has 0 heterocycles. The van der Waals surface area contributed by atoms with E-state index in [9.17, 15) is 4.79 Å². The van der Waals surface area contributed by atoms with Crippen molar-refractivity contribution in [2.24, 2.45) is 5.41 Å². The van der Waals surface area contributed by atoms with Crippen LogP contribution in [0.2, 0.25) is 0 Å². The second-order valence-electron chi connectivity index (χ2n) is 7.28. The van der Waals surface area contributed by atoms with E-state index in [1.807, 2.05) is 6.92 Å². The Labute approximate surface area is 125 Å². The Balaban J connectivity index is 4.76. The molecule has 0 saturated carbocycles. The number of carbonyl (C=O) groups is 1. The van der Waals surface area contributed by atoms with Gasteiger partial charge in [-0.3, -0.25) is 4.79 Å². The number of hydrogen-bond donors (Lipinski definition) is 1. The largest absolute Gasteiger partial charge is 0.468 e. The molecule has 2 atom stereocenters. The van der Waals surface area contributed by atoms with E-state index in [1.165, 1.54) is 7.11 Å². The molecule has 0 saturated heterocycles. The van der Waals surface area contributed by atoms with Crippen molar-refractivity contribution in [1.82, 2.24) is 10.2 Å². The van der Waals surface area contributed by atoms with E-state index in [2.05, 4.69) is 51.9 Å². The second-order valence-corrected chi connectivity index (χ2v) is 7.28. The summed E-state index contributed by atoms with van der Waals surface area (Å²) in [4.78, 5) is 14.4. The predicted octanol–water partition coefficient (Wildman–Crippen LogP) is 2.67. The van der Waals surface area contributed by atoms with Gasteiger partial charge < -0.3 is 15.0 Å². The number of ether oxygens (including phenoxy) is 1. The van der Waals surface area contributed by atoms with Gasteiger partial charge in [-0.15, -0.1) is 0 Å². The van der Waals surface area contributed by atoms with Crippen molar-refractivity contribution >= 4 is 5.97 Å². The maximum absolute atomic E-state index is 12.1. The van der Waals surface area contributed by atoms with Crippen LogP contribution in [0.15, 0.2) is 0 Å². The molecule has 120 valence electrons. The van der Waals surface area contributed by atoms with E-state index < -0.39 is 5.54 Å². The fourth-order valence-corrected chi connectivity index (χ4v) is 2.50. The molecule has 0 spiro atoms. The lowest BCUT2D eigenvalue weighted by molar-refractivity contribution is -0.148. The van der Waals surface area contributed by atoms with Gasteiger partial charge in [0.15, 0.2) is 0 Å². The van der Waals surface area contributed by atoms with Crippen molar-refractivity contribution in [1.29, 1.82) is 0 Å². The number of methoxy groups -OCH3 is 1. The van der Waals surface area contributed by atoms with Crippen LogP contribution in [-0.2, 0) is 9.53 Å². The quantitative estimate of drug-likeness (QED) is 0.697. The molecule has 0 aromatic carbocycles. The molecule has 0 bridgehead atoms. The molecule has 0 rings (SSSR count). The summed E-state index contributed by atoms with van der Waals surface area (Å²) in [5.74, 6) is -0.179. The van der Waals surface area contributed by atoms with E-state index >= 15 is 0 Å². The molecule has 4 nitrogen and oxygen atoms in total. The number of esters is 1. The van der Waals surface area contributed by atoms with E-state index in [-0.39, 0.29) is 11.4 Å². The molecule has 0 aliphatic rings. The van der Waals surface area contributed by atoms with E-state index in [1.54, 1.807) is 0 Å². The Kier molecular flexibility index (Phi) is 7.74. The summed E-state index contributed by atoms with van der Waals surface area (Å²) in [6, 6.07) is 0.308. The fourth-order valence-electron chi connectivity index (χ4n) is 2.50. The topological polar surface area (TPSA) is 41.6 Å². The van der Waals surface area contributed by atoms with Crippen LogP contribution in [-0.4, -0.2) is 49.7 Å². The molecule has 0 aromatic rings. The van der Waals surface area contributed by atoms with Gasteiger partial charge in [0.05, 0.1) is 7.11 Å². The standard InChI is InChI=1S/C16H34N2O2/c1-9-10-17-16(6,14(19)20-8)11-13(2)18(7)12-15(3,4)5/h13,17H,9-12H2,1-8H3. The molecular weight excluding hydrogens is 252 g/mol. The van der Waals surface area contributed by atoms with Gasteiger partial charge in [-0.1, -0.05) is 27.7 Å². The molecule has 0 aliphatic heterocycles. The maximum atomic E-state index is 12.1. The van der Waals surface area contributed by atoms with Gasteiger partial charge in [-0.25, -0.2) is 0 Å². The van der Waals surface area contributed by atoms with Crippen molar-refractivity contribution in [2.45, 2.75) is 66.0 Å². The SMILES string of the molecule is CCCNC(C)(CC(C)N(C)CC(C)(C)C)C(=O)OC. The van der Waals surface area contributed by atoms with Crippen LogP contribution in [0.25, 0.3) is 0 Å². The number of hydrogen-bond acceptors (Lipinski definition) is 4. The zero-order valence-electron chi connectivity index (χ0n) is 14.7. The average Bonchev–Trinajstić information content (AvgIpc) is 2.33. The highest BCUT2D eigenvalue weighted by molar-refractivity contribution is 5.80. The zero-order valence-corrected chi connectivity index (χ0v) is 14.7. The molecule has 1 N–H and O–H groups in total. The Morgan fingerprint density at radius 3 is 2.25 bits per heavy atom. The van der Waals surface area contributed by atoms with Crippen LogP contribution in [0, 0.1) is 5.41 Å². The van der Waals surface area contributed by atoms with E-state index in [0.29, 0.717) is 6.04 Å². The number of nitrogens with one attached hydrogen (secondary N) is 1. The lowest BCUT2D eigenvalue weighted by Gasteiger charge is -2.36. The van der Waals surface area contributed by atoms with Crippen LogP contribution in [0.5, 0.6) is 0 Å². The van der Waals surface area contributed by atoms with Gasteiger partial charge in [0, 0.05) is 12.6 Å². The lowest BCUT2D eigenvalue weighted by Crippen LogP contribution is -2.54. The first kappa shape index (κ1) is 19.4. The normalized spacial score (nSPS) is 16.9. The molecule has 0 radical (unpaired) electrons. The van der Waals surface area contributed by atoms with Crippen molar-refractivity contribution < 1.29 is 9.53 Å². The first-order valence-corrected chi connectivity index (χ1v) is 7.59. The van der Waals surface area contributed by atoms with Gasteiger partial charge in [0.1, 0.15) is 5.54 Å². The summed E-state index contributed by atoms with van der Waals surface area (Å²) in [6.45, 7) is 14.7. The third-order valence-electron chi connectivity index (χ3n) is 3.58. The third kappa shape index (κ3) is 6.71. The molecule has 20 heavy (non-hydrogen) atoms. The minimum absolute atomic E-state index is 0.179. The minimum Gasteiger partial charge on any atom is -0.468 e. The Hall–Kier alpha value is -0.610. The molecule has 0 aliphatic carbocycles. The first-order valence-electron chi connectivity index (χ1n) is 7.59. The highest BCUT2D eigenvalue weighted by atomic mass is 16.5. The van der Waals surface area contributed by atoms with Crippen molar-refractivity contribution in [3.63, 3.8) is 0 Å². The van der Waals surface area contributed by atoms with Gasteiger partial charge in [-0.2, -0.15) is 0 Å². The Morgan fingerprint density at radius 2 is 1.85 bits per heavy atom. The molecule has 0 amide bonds. The Bertz CT molecular complexity index is 299. The monoisotopic (exact) mass is 286 g/mol. The van der Waals surface area contributed by atoms with Crippen LogP contribution in [0.1, 0.15) is 54.4 Å². The van der Waals surface area contributed by atoms with Crippen LogP contribution >= 0.6 is 0 Å². The number of carbonyl (C=O) groups excluding carboxylic acids is 1. The number of nitrogens with zero attached hydrogens (tertiary/aromatic N) is 1. The average molecular weight is 286 g/mol. The minimum atomic E-state index is -0.615. The van der Waals surface area contributed by atoms with E-state index in [4.69, 9.17) is 4.74 Å². The maximum Gasteiger partial charge on any atom is 0.325 e. The van der Waals surface area contributed by atoms with Crippen molar-refractivity contribution in [2.75, 3.05) is 27.2 Å². The van der Waals surface area contributed by atoms with Crippen LogP contribution in [0.3, 0.4) is 0 Å². The summed E-state index contributed by atoms with van der Waals surface area (Å²) in [7, 11) is 3.57. The summed E-state index contributed by atoms with van der Waals surface area (Å²) in [6.07, 6.45) is 1.74. The fraction of sp³-hybridized carbons (Fsp3) is 0.938. The van der Waals surface area contributed by atoms with Gasteiger partial charge in [-0.05, 0) is 45.7 Å². The summed E-state index contributed by atoms with van der Waals surface area (Å²) in [5.41, 5.74) is -0.363. The van der Waals surface area contributed by atoms with Crippen LogP contribution < -0.4 is 5.32 Å². The van der Waals surface area contributed by atoms with E-state index in [0.717, 1.165) is 25.9 Å². The second kappa shape index (κ2) is 7.99. The summed E-state index contributed by atoms with van der Waals surface area (Å²) >= 11 is 0. The highest BCUT2D eigenvalue weighted by Crippen LogP contribution is 2.21. The van der Waals surface area contributed by atoms with Gasteiger partial charge >= 0.3 is 5.97 Å². The van der Waals surface area contributed by atoms with Crippen molar-refractivity contribution in [3.8, 4) is 0 Å². The van der Waals surface area contributed by atoms with Crippen molar-refractivity contribution in [3.05, 3.63) is 0 Å². The predicted molar refractivity (Wildman–Crippen MR) is 84.9 cm³/mol. The highest BCUT2D eigenvalue weighted by Gasteiger charge is 2.36. The molecular formula is C16H34N2O2. The molecule has 0 fully saturated rings. The van der Waals surface area contributed by atoms with Crippen LogP contribution in [0.4, 0.5) is 0 Å². The molecule has 4 heteroatoms. The first-order chi connectivity index (χ1) is 9.05. The lowest BCUT2D eigenvalue weighted by atomic mass is 9.90.